The zero-order valence-electron chi connectivity index (χ0n) is 7.39. The van der Waals surface area contributed by atoms with Crippen molar-refractivity contribution in [3.05, 3.63) is 29.8 Å². The predicted molar refractivity (Wildman–Crippen MR) is 94.8 cm³/mol. The molecule has 2 N–H and O–H groups in total. The van der Waals surface area contributed by atoms with Gasteiger partial charge in [-0.2, -0.15) is 9.59 Å². The first-order chi connectivity index (χ1) is 6.83. The maximum absolute atomic E-state index is 8.28. The fraction of sp³-hybridized carbons (Fsp3) is 0.778. The molecule has 0 spiro atoms. The van der Waals surface area contributed by atoms with Crippen molar-refractivity contribution in [2.75, 3.05) is 0 Å². The van der Waals surface area contributed by atoms with E-state index in [-0.39, 0.29) is 86.7 Å². The first-order valence-electron chi connectivity index (χ1n) is 1.62. The quantitative estimate of drug-likeness (QED) is 0.474. The molecule has 0 saturated heterocycles. The monoisotopic (exact) mass is 378 g/mol. The van der Waals surface area contributed by atoms with Gasteiger partial charge in [0.25, 0.3) is 0 Å². The molecular formula is C9H30Mg2O12. The average Bonchev–Trinajstić information content (AvgIpc) is 2.31. The molecule has 0 heterocycles. The number of rotatable bonds is 0. The molecule has 0 aromatic carbocycles. The van der Waals surface area contributed by atoms with Crippen LogP contribution in [0.3, 0.4) is 0 Å². The van der Waals surface area contributed by atoms with Gasteiger partial charge >= 0.3 is 54.1 Å². The van der Waals surface area contributed by atoms with Gasteiger partial charge in [-0.05, 0) is 0 Å². The third kappa shape index (κ3) is 6720. The van der Waals surface area contributed by atoms with Gasteiger partial charge in [-0.25, -0.2) is 0 Å². The Balaban J connectivity index is -0.00000000240. The second-order valence-electron chi connectivity index (χ2n) is 0.175. The predicted octanol–water partition coefficient (Wildman–Crippen LogP) is 2.62. The molecule has 23 heavy (non-hydrogen) atoms. The van der Waals surface area contributed by atoms with Crippen molar-refractivity contribution in [1.29, 1.82) is 0 Å². The van der Waals surface area contributed by atoms with Crippen molar-refractivity contribution in [3.63, 3.8) is 0 Å². The number of carbonyl (C=O) groups excluding carboxylic acids is 2. The van der Waals surface area contributed by atoms with Gasteiger partial charge in [0.05, 0.1) is 0 Å². The van der Waals surface area contributed by atoms with Crippen molar-refractivity contribution < 1.29 is 28.1 Å². The summed E-state index contributed by atoms with van der Waals surface area (Å²) in [5, 5.41) is 6.76. The molecule has 142 valence electrons. The van der Waals surface area contributed by atoms with Crippen molar-refractivity contribution in [1.82, 2.24) is 0 Å². The summed E-state index contributed by atoms with van der Waals surface area (Å²) in [6, 6.07) is 0. The van der Waals surface area contributed by atoms with Crippen molar-refractivity contribution in [3.8, 4) is 0 Å². The summed E-state index contributed by atoms with van der Waals surface area (Å²) >= 11 is 0.611. The van der Waals surface area contributed by atoms with Crippen LogP contribution in [0.15, 0.2) is 0 Å². The van der Waals surface area contributed by atoms with E-state index < -0.39 is 0 Å². The first kappa shape index (κ1) is 200. The zero-order valence-corrected chi connectivity index (χ0v) is 10.2. The standard InChI is InChI=1S/CHO2.CO2.7CH4.2Mg.3O2.H2O.O/c2*2-1-3;;;;;;;;;;3*1-2;;/h(H,2,3);;7*1H4;;;;;;1H2;/q-1;;;;;;;;;;+2;;;;;/p-1. The molecule has 0 atom stereocenters. The minimum atomic E-state index is 0. The fourth-order valence-corrected chi connectivity index (χ4v) is 0. The fourth-order valence-electron chi connectivity index (χ4n) is 0. The van der Waals surface area contributed by atoms with Crippen LogP contribution in [-0.4, -0.2) is 67.9 Å². The molecule has 0 aromatic rings. The van der Waals surface area contributed by atoms with E-state index in [1.807, 2.05) is 0 Å². The van der Waals surface area contributed by atoms with E-state index in [4.69, 9.17) is 52.5 Å². The summed E-state index contributed by atoms with van der Waals surface area (Å²) in [5.74, 6) is 0. The zero-order chi connectivity index (χ0) is 13.4. The van der Waals surface area contributed by atoms with Crippen LogP contribution in [0.2, 0.25) is 0 Å². The SMILES string of the molecule is C.C.C.C.C.C.C.O=C=O.O=O.O=O.O=O.O=[C-]O.[Mg+2].[OH-].[O]=[Mg]. The van der Waals surface area contributed by atoms with E-state index >= 15 is 0 Å². The van der Waals surface area contributed by atoms with Crippen molar-refractivity contribution in [2.45, 2.75) is 52.0 Å². The molecule has 14 heteroatoms. The molecule has 0 aliphatic heterocycles. The minimum absolute atomic E-state index is 0. The normalized spacial score (nSPS) is 1.65. The topological polar surface area (TPSA) is 221 Å². The van der Waals surface area contributed by atoms with Crippen LogP contribution in [0, 0.1) is 29.8 Å². The molecular weight excluding hydrogens is 349 g/mol. The molecule has 0 bridgehead atoms. The summed E-state index contributed by atoms with van der Waals surface area (Å²) in [7, 11) is 0. The van der Waals surface area contributed by atoms with Crippen LogP contribution < -0.4 is 0 Å². The Labute approximate surface area is 167 Å². The number of hydrogen-bond acceptors (Lipinski definition) is 11. The van der Waals surface area contributed by atoms with E-state index in [0.717, 1.165) is 0 Å². The summed E-state index contributed by atoms with van der Waals surface area (Å²) in [5.41, 5.74) is 0. The summed E-state index contributed by atoms with van der Waals surface area (Å²) in [6.07, 6.45) is 0.250. The van der Waals surface area contributed by atoms with E-state index in [2.05, 4.69) is 0 Å². The van der Waals surface area contributed by atoms with Crippen LogP contribution in [0.5, 0.6) is 0 Å². The van der Waals surface area contributed by atoms with Gasteiger partial charge < -0.3 is 15.4 Å². The Hall–Kier alpha value is -1.06. The van der Waals surface area contributed by atoms with Crippen LogP contribution in [0.4, 0.5) is 0 Å². The van der Waals surface area contributed by atoms with Crippen LogP contribution >= 0.6 is 0 Å². The number of hydrogen-bond donors (Lipinski definition) is 1. The van der Waals surface area contributed by atoms with Crippen LogP contribution in [0.25, 0.3) is 0 Å². The van der Waals surface area contributed by atoms with Gasteiger partial charge in [-0.15, -0.1) is 0 Å². The number of aliphatic hydroxyl groups excluding tert-OH is 1. The Morgan fingerprint density at radius 1 is 0.652 bits per heavy atom. The van der Waals surface area contributed by atoms with Gasteiger partial charge in [-0.3, -0.25) is 0 Å². The second-order valence-corrected chi connectivity index (χ2v) is 0.175. The van der Waals surface area contributed by atoms with E-state index in [1.54, 1.807) is 0 Å². The van der Waals surface area contributed by atoms with Crippen molar-refractivity contribution in [2.24, 2.45) is 0 Å². The van der Waals surface area contributed by atoms with E-state index in [9.17, 15) is 0 Å². The van der Waals surface area contributed by atoms with Crippen LogP contribution in [-0.2, 0) is 17.6 Å². The molecule has 0 aliphatic carbocycles. The third-order valence-corrected chi connectivity index (χ3v) is 0. The molecule has 0 rings (SSSR count). The third-order valence-electron chi connectivity index (χ3n) is 0. The maximum atomic E-state index is 8.28. The Kier molecular flexibility index (Phi) is 81400. The summed E-state index contributed by atoms with van der Waals surface area (Å²) < 4.78 is 8.28. The Morgan fingerprint density at radius 2 is 0.652 bits per heavy atom. The molecule has 0 amide bonds. The average molecular weight is 379 g/mol. The van der Waals surface area contributed by atoms with Crippen LogP contribution in [0.1, 0.15) is 52.0 Å². The molecule has 12 nitrogen and oxygen atoms in total. The molecule has 0 fully saturated rings. The Bertz CT molecular complexity index is 107. The summed E-state index contributed by atoms with van der Waals surface area (Å²) in [4.78, 5) is 66.5. The van der Waals surface area contributed by atoms with E-state index in [1.165, 1.54) is 0 Å². The first-order valence-corrected chi connectivity index (χ1v) is 2.20. The molecule has 0 unspecified atom stereocenters. The van der Waals surface area contributed by atoms with Crippen molar-refractivity contribution >= 4 is 57.4 Å². The van der Waals surface area contributed by atoms with Gasteiger partial charge in [0.15, 0.2) is 0 Å². The van der Waals surface area contributed by atoms with E-state index in [0.29, 0.717) is 28.2 Å². The summed E-state index contributed by atoms with van der Waals surface area (Å²) in [6.45, 7) is 0.500. The van der Waals surface area contributed by atoms with Gasteiger partial charge in [0, 0.05) is 29.8 Å². The van der Waals surface area contributed by atoms with Gasteiger partial charge in [0.2, 0.25) is 0 Å². The second kappa shape index (κ2) is 9380. The van der Waals surface area contributed by atoms with Gasteiger partial charge in [0.1, 0.15) is 0 Å². The molecule has 0 aliphatic rings. The molecule has 0 aromatic heterocycles. The molecule has 0 saturated carbocycles. The van der Waals surface area contributed by atoms with Gasteiger partial charge in [-0.1, -0.05) is 58.5 Å². The molecule has 0 radical (unpaired) electrons. The Morgan fingerprint density at radius 3 is 0.652 bits per heavy atom.